The molecule has 1 aliphatic heterocycles. The van der Waals surface area contributed by atoms with Gasteiger partial charge < -0.3 is 19.1 Å². The standard InChI is InChI=1S/C23H29NO4/c1-3-27-23(25)20-11-7-8-14-24(20)16-19-12-13-21(22(15-19)26-2)28-17-18-9-5-4-6-10-18/h4-6,9-10,12-13,15,20H,3,7-8,11,14,16-17H2,1-2H3/p+1/t20-/m1/s1. The van der Waals surface area contributed by atoms with E-state index in [1.165, 1.54) is 4.90 Å². The highest BCUT2D eigenvalue weighted by Crippen LogP contribution is 2.28. The molecule has 0 bridgehead atoms. The van der Waals surface area contributed by atoms with E-state index in [9.17, 15) is 4.79 Å². The Labute approximate surface area is 167 Å². The molecule has 28 heavy (non-hydrogen) atoms. The average molecular weight is 384 g/mol. The van der Waals surface area contributed by atoms with Crippen LogP contribution in [0.15, 0.2) is 48.5 Å². The number of piperidine rings is 1. The lowest BCUT2D eigenvalue weighted by Crippen LogP contribution is -3.16. The molecule has 0 saturated carbocycles. The fraction of sp³-hybridized carbons (Fsp3) is 0.435. The first-order valence-electron chi connectivity index (χ1n) is 10.1. The molecule has 2 aromatic carbocycles. The number of methoxy groups -OCH3 is 1. The summed E-state index contributed by atoms with van der Waals surface area (Å²) in [6.07, 6.45) is 3.12. The van der Waals surface area contributed by atoms with Gasteiger partial charge in [0, 0.05) is 12.0 Å². The van der Waals surface area contributed by atoms with Crippen LogP contribution < -0.4 is 14.4 Å². The fourth-order valence-corrected chi connectivity index (χ4v) is 3.76. The quantitative estimate of drug-likeness (QED) is 0.711. The highest BCUT2D eigenvalue weighted by molar-refractivity contribution is 5.74. The van der Waals surface area contributed by atoms with Crippen molar-refractivity contribution in [3.63, 3.8) is 0 Å². The van der Waals surface area contributed by atoms with Crippen molar-refractivity contribution < 1.29 is 23.9 Å². The third-order valence-electron chi connectivity index (χ3n) is 5.20. The van der Waals surface area contributed by atoms with Crippen molar-refractivity contribution in [1.29, 1.82) is 0 Å². The molecule has 1 heterocycles. The van der Waals surface area contributed by atoms with Crippen molar-refractivity contribution in [3.05, 3.63) is 59.7 Å². The molecule has 2 aromatic rings. The van der Waals surface area contributed by atoms with E-state index < -0.39 is 0 Å². The maximum atomic E-state index is 12.3. The van der Waals surface area contributed by atoms with Crippen molar-refractivity contribution in [2.45, 2.75) is 45.4 Å². The van der Waals surface area contributed by atoms with Gasteiger partial charge in [-0.05, 0) is 43.5 Å². The molecule has 1 N–H and O–H groups in total. The van der Waals surface area contributed by atoms with Gasteiger partial charge in [-0.2, -0.15) is 0 Å². The topological polar surface area (TPSA) is 49.2 Å². The smallest absolute Gasteiger partial charge is 0.364 e. The van der Waals surface area contributed by atoms with Gasteiger partial charge in [0.05, 0.1) is 20.3 Å². The summed E-state index contributed by atoms with van der Waals surface area (Å²) in [6.45, 7) is 4.55. The normalized spacial score (nSPS) is 19.1. The summed E-state index contributed by atoms with van der Waals surface area (Å²) in [5, 5.41) is 0. The number of benzene rings is 2. The van der Waals surface area contributed by atoms with Crippen molar-refractivity contribution >= 4 is 5.97 Å². The number of ether oxygens (including phenoxy) is 3. The van der Waals surface area contributed by atoms with Crippen molar-refractivity contribution in [2.75, 3.05) is 20.3 Å². The lowest BCUT2D eigenvalue weighted by molar-refractivity contribution is -0.935. The molecular formula is C23H30NO4+. The van der Waals surface area contributed by atoms with Crippen LogP contribution >= 0.6 is 0 Å². The second-order valence-electron chi connectivity index (χ2n) is 7.14. The van der Waals surface area contributed by atoms with Gasteiger partial charge in [-0.15, -0.1) is 0 Å². The molecule has 0 radical (unpaired) electrons. The molecule has 0 spiro atoms. The zero-order valence-electron chi connectivity index (χ0n) is 16.8. The van der Waals surface area contributed by atoms with Crippen molar-refractivity contribution in [1.82, 2.24) is 0 Å². The van der Waals surface area contributed by atoms with Gasteiger partial charge in [0.15, 0.2) is 17.5 Å². The van der Waals surface area contributed by atoms with Gasteiger partial charge in [0.1, 0.15) is 13.2 Å². The lowest BCUT2D eigenvalue weighted by atomic mass is 10.0. The number of carbonyl (C=O) groups excluding carboxylic acids is 1. The average Bonchev–Trinajstić information content (AvgIpc) is 2.74. The molecule has 2 atom stereocenters. The SMILES string of the molecule is CCOC(=O)[C@H]1CCCC[NH+]1Cc1ccc(OCc2ccccc2)c(OC)c1. The highest BCUT2D eigenvalue weighted by Gasteiger charge is 2.33. The Morgan fingerprint density at radius 1 is 1.07 bits per heavy atom. The van der Waals surface area contributed by atoms with Crippen LogP contribution in [0.1, 0.15) is 37.3 Å². The van der Waals surface area contributed by atoms with Gasteiger partial charge in [-0.3, -0.25) is 0 Å². The molecule has 1 unspecified atom stereocenters. The van der Waals surface area contributed by atoms with Crippen LogP contribution in [0.4, 0.5) is 0 Å². The summed E-state index contributed by atoms with van der Waals surface area (Å²) in [5.74, 6) is 1.37. The van der Waals surface area contributed by atoms with Crippen molar-refractivity contribution in [3.8, 4) is 11.5 Å². The molecule has 1 saturated heterocycles. The van der Waals surface area contributed by atoms with Crippen LogP contribution in [0, 0.1) is 0 Å². The van der Waals surface area contributed by atoms with Gasteiger partial charge in [-0.1, -0.05) is 30.3 Å². The predicted molar refractivity (Wildman–Crippen MR) is 108 cm³/mol. The molecule has 5 nitrogen and oxygen atoms in total. The number of quaternary nitrogens is 1. The highest BCUT2D eigenvalue weighted by atomic mass is 16.5. The molecule has 1 fully saturated rings. The van der Waals surface area contributed by atoms with E-state index in [4.69, 9.17) is 14.2 Å². The minimum atomic E-state index is -0.0769. The molecule has 0 aliphatic carbocycles. The number of rotatable bonds is 8. The number of esters is 1. The lowest BCUT2D eigenvalue weighted by Gasteiger charge is -2.31. The van der Waals surface area contributed by atoms with Crippen LogP contribution in [0.5, 0.6) is 11.5 Å². The Bertz CT molecular complexity index is 762. The van der Waals surface area contributed by atoms with Gasteiger partial charge in [-0.25, -0.2) is 4.79 Å². The Balaban J connectivity index is 1.67. The molecule has 5 heteroatoms. The van der Waals surface area contributed by atoms with Gasteiger partial charge in [0.2, 0.25) is 0 Å². The summed E-state index contributed by atoms with van der Waals surface area (Å²) in [5.41, 5.74) is 2.25. The first kappa shape index (κ1) is 20.2. The number of hydrogen-bond donors (Lipinski definition) is 1. The Hall–Kier alpha value is -2.53. The summed E-state index contributed by atoms with van der Waals surface area (Å²) < 4.78 is 16.8. The number of nitrogens with one attached hydrogen (secondary N) is 1. The molecule has 3 rings (SSSR count). The molecule has 1 aliphatic rings. The van der Waals surface area contributed by atoms with Crippen LogP contribution in [-0.2, 0) is 22.7 Å². The Morgan fingerprint density at radius 2 is 1.89 bits per heavy atom. The van der Waals surface area contributed by atoms with Crippen molar-refractivity contribution in [2.24, 2.45) is 0 Å². The first-order valence-corrected chi connectivity index (χ1v) is 10.1. The van der Waals surface area contributed by atoms with E-state index in [2.05, 4.69) is 6.07 Å². The van der Waals surface area contributed by atoms with E-state index in [0.717, 1.165) is 55.0 Å². The van der Waals surface area contributed by atoms with E-state index >= 15 is 0 Å². The fourth-order valence-electron chi connectivity index (χ4n) is 3.76. The first-order chi connectivity index (χ1) is 13.7. The number of hydrogen-bond acceptors (Lipinski definition) is 4. The zero-order chi connectivity index (χ0) is 19.8. The van der Waals surface area contributed by atoms with E-state index in [1.807, 2.05) is 49.4 Å². The Morgan fingerprint density at radius 3 is 2.64 bits per heavy atom. The second-order valence-corrected chi connectivity index (χ2v) is 7.14. The monoisotopic (exact) mass is 384 g/mol. The third kappa shape index (κ3) is 5.26. The molecule has 0 aromatic heterocycles. The largest absolute Gasteiger partial charge is 0.493 e. The van der Waals surface area contributed by atoms with Gasteiger partial charge >= 0.3 is 5.97 Å². The maximum absolute atomic E-state index is 12.3. The van der Waals surface area contributed by atoms with Crippen LogP contribution in [0.3, 0.4) is 0 Å². The predicted octanol–water partition coefficient (Wildman–Crippen LogP) is 2.77. The third-order valence-corrected chi connectivity index (χ3v) is 5.20. The van der Waals surface area contributed by atoms with E-state index in [0.29, 0.717) is 13.2 Å². The summed E-state index contributed by atoms with van der Waals surface area (Å²) in [4.78, 5) is 13.6. The molecule has 0 amide bonds. The summed E-state index contributed by atoms with van der Waals surface area (Å²) in [6, 6.07) is 16.0. The summed E-state index contributed by atoms with van der Waals surface area (Å²) >= 11 is 0. The minimum absolute atomic E-state index is 0.0753. The molecular weight excluding hydrogens is 354 g/mol. The second kappa shape index (κ2) is 10.1. The number of likely N-dealkylation sites (tertiary alicyclic amines) is 1. The van der Waals surface area contributed by atoms with E-state index in [-0.39, 0.29) is 12.0 Å². The Kier molecular flexibility index (Phi) is 7.31. The minimum Gasteiger partial charge on any atom is -0.493 e. The van der Waals surface area contributed by atoms with E-state index in [1.54, 1.807) is 7.11 Å². The zero-order valence-corrected chi connectivity index (χ0v) is 16.8. The van der Waals surface area contributed by atoms with Crippen LogP contribution in [0.25, 0.3) is 0 Å². The number of carbonyl (C=O) groups is 1. The molecule has 150 valence electrons. The van der Waals surface area contributed by atoms with Crippen LogP contribution in [0.2, 0.25) is 0 Å². The maximum Gasteiger partial charge on any atom is 0.364 e. The summed E-state index contributed by atoms with van der Waals surface area (Å²) in [7, 11) is 1.66. The van der Waals surface area contributed by atoms with Gasteiger partial charge in [0.25, 0.3) is 0 Å². The van der Waals surface area contributed by atoms with Crippen LogP contribution in [-0.4, -0.2) is 32.3 Å².